The molecule has 0 spiro atoms. The second kappa shape index (κ2) is 13.9. The SMILES string of the molecule is O=C1NC(=O)N(c2cc3c4c(c2)[C@H](c2ccccc2)CCN4CC[C@H]3c2ccccc2)C(=O)/C1=C/c1ccc(OCc2ccc(Cl)cc2)c(Br)c1. The smallest absolute Gasteiger partial charge is 0.335 e. The van der Waals surface area contributed by atoms with Crippen molar-refractivity contribution in [2.75, 3.05) is 22.9 Å². The second-order valence-electron chi connectivity index (χ2n) is 13.0. The number of benzene rings is 5. The molecule has 8 rings (SSSR count). The fraction of sp³-hybridized carbons (Fsp3) is 0.167. The van der Waals surface area contributed by atoms with Gasteiger partial charge in [-0.25, -0.2) is 9.69 Å². The van der Waals surface area contributed by atoms with E-state index in [0.717, 1.165) is 47.5 Å². The lowest BCUT2D eigenvalue weighted by molar-refractivity contribution is -0.122. The van der Waals surface area contributed by atoms with Gasteiger partial charge in [-0.3, -0.25) is 14.9 Å². The maximum Gasteiger partial charge on any atom is 0.335 e. The summed E-state index contributed by atoms with van der Waals surface area (Å²) < 4.78 is 6.64. The molecule has 1 N–H and O–H groups in total. The van der Waals surface area contributed by atoms with Gasteiger partial charge in [-0.05, 0) is 105 Å². The van der Waals surface area contributed by atoms with E-state index >= 15 is 0 Å². The molecule has 0 aliphatic carbocycles. The molecule has 3 aliphatic rings. The van der Waals surface area contributed by atoms with Gasteiger partial charge in [-0.1, -0.05) is 90.5 Å². The van der Waals surface area contributed by atoms with Crippen molar-refractivity contribution in [1.29, 1.82) is 0 Å². The van der Waals surface area contributed by atoms with Crippen molar-refractivity contribution in [3.8, 4) is 5.75 Å². The molecule has 0 aromatic heterocycles. The number of nitrogens with one attached hydrogen (secondary N) is 1. The van der Waals surface area contributed by atoms with E-state index in [2.05, 4.69) is 50.4 Å². The lowest BCUT2D eigenvalue weighted by atomic mass is 9.76. The fourth-order valence-corrected chi connectivity index (χ4v) is 8.13. The molecule has 1 saturated heterocycles. The first-order chi connectivity index (χ1) is 24.8. The molecule has 51 heavy (non-hydrogen) atoms. The van der Waals surface area contributed by atoms with Gasteiger partial charge in [0.05, 0.1) is 10.2 Å². The molecule has 5 aromatic rings. The first kappa shape index (κ1) is 33.0. The predicted octanol–water partition coefficient (Wildman–Crippen LogP) is 9.23. The average Bonchev–Trinajstić information content (AvgIpc) is 3.14. The molecular weight excluding hydrogens is 726 g/mol. The van der Waals surface area contributed by atoms with Crippen LogP contribution < -0.4 is 19.9 Å². The van der Waals surface area contributed by atoms with Crippen LogP contribution in [-0.4, -0.2) is 30.9 Å². The zero-order chi connectivity index (χ0) is 35.1. The standard InChI is InChI=1S/C42H33BrClN3O4/c43-37-22-27(13-16-38(37)51-25-26-11-14-30(44)15-12-26)21-36-40(48)45-42(50)47(41(36)49)31-23-34-32(28-7-3-1-4-8-28)17-19-46-20-18-33(35(24-31)39(34)46)29-9-5-2-6-10-29/h1-16,21-24,32-33H,17-20,25H2,(H,45,48,50)/b36-21+/t32-,33-/m0/s1. The fourth-order valence-electron chi connectivity index (χ4n) is 7.49. The van der Waals surface area contributed by atoms with Gasteiger partial charge in [0, 0.05) is 35.6 Å². The van der Waals surface area contributed by atoms with Crippen LogP contribution >= 0.6 is 27.5 Å². The van der Waals surface area contributed by atoms with Gasteiger partial charge in [0.1, 0.15) is 17.9 Å². The number of anilines is 2. The lowest BCUT2D eigenvalue weighted by Crippen LogP contribution is -2.54. The molecular formula is C42H33BrClN3O4. The van der Waals surface area contributed by atoms with Crippen LogP contribution in [0.1, 0.15) is 58.1 Å². The Morgan fingerprint density at radius 1 is 0.784 bits per heavy atom. The van der Waals surface area contributed by atoms with Crippen LogP contribution in [0.25, 0.3) is 6.08 Å². The predicted molar refractivity (Wildman–Crippen MR) is 203 cm³/mol. The van der Waals surface area contributed by atoms with Crippen LogP contribution in [0.15, 0.2) is 125 Å². The van der Waals surface area contributed by atoms with Crippen LogP contribution in [0.5, 0.6) is 5.75 Å². The van der Waals surface area contributed by atoms with E-state index in [4.69, 9.17) is 16.3 Å². The summed E-state index contributed by atoms with van der Waals surface area (Å²) in [5, 5.41) is 3.08. The van der Waals surface area contributed by atoms with E-state index in [1.807, 2.05) is 72.8 Å². The van der Waals surface area contributed by atoms with Gasteiger partial charge in [0.2, 0.25) is 0 Å². The van der Waals surface area contributed by atoms with Crippen molar-refractivity contribution in [2.24, 2.45) is 0 Å². The van der Waals surface area contributed by atoms with Crippen molar-refractivity contribution in [1.82, 2.24) is 5.32 Å². The second-order valence-corrected chi connectivity index (χ2v) is 14.3. The van der Waals surface area contributed by atoms with Crippen LogP contribution in [0.3, 0.4) is 0 Å². The van der Waals surface area contributed by atoms with Crippen LogP contribution in [0.2, 0.25) is 5.02 Å². The number of rotatable bonds is 7. The van der Waals surface area contributed by atoms with E-state index in [-0.39, 0.29) is 17.4 Å². The van der Waals surface area contributed by atoms with Crippen molar-refractivity contribution in [3.63, 3.8) is 0 Å². The summed E-state index contributed by atoms with van der Waals surface area (Å²) in [4.78, 5) is 44.6. The van der Waals surface area contributed by atoms with Crippen molar-refractivity contribution >= 4 is 62.8 Å². The Bertz CT molecular complexity index is 2120. The van der Waals surface area contributed by atoms with Crippen LogP contribution in [-0.2, 0) is 16.2 Å². The highest BCUT2D eigenvalue weighted by Gasteiger charge is 2.40. The maximum atomic E-state index is 14.3. The summed E-state index contributed by atoms with van der Waals surface area (Å²) in [6.07, 6.45) is 3.33. The zero-order valence-corrected chi connectivity index (χ0v) is 29.9. The van der Waals surface area contributed by atoms with Crippen LogP contribution in [0.4, 0.5) is 16.2 Å². The van der Waals surface area contributed by atoms with E-state index < -0.39 is 17.8 Å². The van der Waals surface area contributed by atoms with Gasteiger partial charge in [0.15, 0.2) is 0 Å². The number of carbonyl (C=O) groups is 3. The van der Waals surface area contributed by atoms with Gasteiger partial charge < -0.3 is 9.64 Å². The molecule has 0 unspecified atom stereocenters. The number of halogens is 2. The number of ether oxygens (including phenoxy) is 1. The molecule has 9 heteroatoms. The minimum absolute atomic E-state index is 0.0862. The Hall–Kier alpha value is -5.18. The summed E-state index contributed by atoms with van der Waals surface area (Å²) in [5.41, 5.74) is 7.59. The molecule has 7 nitrogen and oxygen atoms in total. The topological polar surface area (TPSA) is 79.0 Å². The third kappa shape index (κ3) is 6.46. The first-order valence-electron chi connectivity index (χ1n) is 16.9. The molecule has 4 amide bonds. The summed E-state index contributed by atoms with van der Waals surface area (Å²) in [5.74, 6) is -0.645. The zero-order valence-electron chi connectivity index (χ0n) is 27.5. The lowest BCUT2D eigenvalue weighted by Gasteiger charge is -2.44. The number of hydrogen-bond acceptors (Lipinski definition) is 5. The molecule has 0 saturated carbocycles. The van der Waals surface area contributed by atoms with E-state index in [9.17, 15) is 14.4 Å². The molecule has 5 aromatic carbocycles. The summed E-state index contributed by atoms with van der Waals surface area (Å²) in [6.45, 7) is 2.18. The molecule has 254 valence electrons. The monoisotopic (exact) mass is 757 g/mol. The highest BCUT2D eigenvalue weighted by Crippen LogP contribution is 2.50. The quantitative estimate of drug-likeness (QED) is 0.132. The number of imide groups is 2. The minimum Gasteiger partial charge on any atom is -0.488 e. The Morgan fingerprint density at radius 2 is 1.39 bits per heavy atom. The number of nitrogens with zero attached hydrogens (tertiary/aromatic N) is 2. The molecule has 0 bridgehead atoms. The summed E-state index contributed by atoms with van der Waals surface area (Å²) in [6, 6.07) is 36.7. The summed E-state index contributed by atoms with van der Waals surface area (Å²) in [7, 11) is 0. The number of urea groups is 1. The Kier molecular flexibility index (Phi) is 8.96. The molecule has 0 radical (unpaired) electrons. The third-order valence-electron chi connectivity index (χ3n) is 9.93. The van der Waals surface area contributed by atoms with Crippen molar-refractivity contribution in [2.45, 2.75) is 31.3 Å². The Balaban J connectivity index is 1.16. The maximum absolute atomic E-state index is 14.3. The number of hydrogen-bond donors (Lipinski definition) is 1. The normalized spacial score (nSPS) is 19.2. The number of carbonyl (C=O) groups excluding carboxylic acids is 3. The van der Waals surface area contributed by atoms with Gasteiger partial charge >= 0.3 is 6.03 Å². The molecule has 3 aliphatic heterocycles. The first-order valence-corrected chi connectivity index (χ1v) is 18.1. The van der Waals surface area contributed by atoms with Gasteiger partial charge in [-0.15, -0.1) is 0 Å². The van der Waals surface area contributed by atoms with E-state index in [1.165, 1.54) is 22.9 Å². The Labute approximate surface area is 309 Å². The molecule has 1 fully saturated rings. The Morgan fingerprint density at radius 3 is 1.98 bits per heavy atom. The number of barbiturate groups is 1. The van der Waals surface area contributed by atoms with Gasteiger partial charge in [0.25, 0.3) is 11.8 Å². The van der Waals surface area contributed by atoms with Crippen molar-refractivity contribution in [3.05, 3.63) is 164 Å². The molecule has 2 atom stereocenters. The van der Waals surface area contributed by atoms with Crippen LogP contribution in [0, 0.1) is 0 Å². The van der Waals surface area contributed by atoms with E-state index in [1.54, 1.807) is 18.2 Å². The largest absolute Gasteiger partial charge is 0.488 e. The van der Waals surface area contributed by atoms with Crippen molar-refractivity contribution < 1.29 is 19.1 Å². The highest BCUT2D eigenvalue weighted by atomic mass is 79.9. The van der Waals surface area contributed by atoms with E-state index in [0.29, 0.717) is 33.1 Å². The van der Waals surface area contributed by atoms with Gasteiger partial charge in [-0.2, -0.15) is 0 Å². The summed E-state index contributed by atoms with van der Waals surface area (Å²) >= 11 is 9.57. The number of amides is 4. The minimum atomic E-state index is -0.766. The molecule has 3 heterocycles. The average molecular weight is 759 g/mol. The third-order valence-corrected chi connectivity index (χ3v) is 10.8. The highest BCUT2D eigenvalue weighted by molar-refractivity contribution is 9.10.